The molecule has 1 aromatic heterocycles. The zero-order chi connectivity index (χ0) is 14.8. The van der Waals surface area contributed by atoms with Gasteiger partial charge in [0.15, 0.2) is 0 Å². The SMILES string of the molecule is CC(O)(CNCc1cc(Cl)cc(Cl)c1O)c1cccs1. The van der Waals surface area contributed by atoms with Gasteiger partial charge in [0.05, 0.1) is 5.02 Å². The molecule has 0 radical (unpaired) electrons. The maximum Gasteiger partial charge on any atom is 0.138 e. The van der Waals surface area contributed by atoms with Crippen LogP contribution in [0.15, 0.2) is 29.6 Å². The molecule has 0 fully saturated rings. The number of nitrogens with one attached hydrogen (secondary N) is 1. The van der Waals surface area contributed by atoms with Gasteiger partial charge >= 0.3 is 0 Å². The molecule has 2 rings (SSSR count). The molecule has 0 aliphatic rings. The molecular formula is C14H15Cl2NO2S. The summed E-state index contributed by atoms with van der Waals surface area (Å²) in [4.78, 5) is 0.887. The lowest BCUT2D eigenvalue weighted by Gasteiger charge is -2.22. The van der Waals surface area contributed by atoms with Crippen LogP contribution in [0.25, 0.3) is 0 Å². The van der Waals surface area contributed by atoms with Gasteiger partial charge in [0.1, 0.15) is 11.4 Å². The van der Waals surface area contributed by atoms with E-state index in [1.807, 2.05) is 17.5 Å². The summed E-state index contributed by atoms with van der Waals surface area (Å²) in [5, 5.41) is 25.9. The van der Waals surface area contributed by atoms with Crippen molar-refractivity contribution in [1.29, 1.82) is 0 Å². The number of thiophene rings is 1. The van der Waals surface area contributed by atoms with Gasteiger partial charge in [-0.2, -0.15) is 0 Å². The first-order valence-electron chi connectivity index (χ1n) is 6.04. The van der Waals surface area contributed by atoms with Crippen LogP contribution in [0.5, 0.6) is 5.75 Å². The monoisotopic (exact) mass is 331 g/mol. The van der Waals surface area contributed by atoms with Gasteiger partial charge in [-0.15, -0.1) is 11.3 Å². The third-order valence-corrected chi connectivity index (χ3v) is 4.57. The largest absolute Gasteiger partial charge is 0.506 e. The molecule has 0 saturated carbocycles. The number of halogens is 2. The highest BCUT2D eigenvalue weighted by Crippen LogP contribution is 2.31. The molecule has 3 N–H and O–H groups in total. The summed E-state index contributed by atoms with van der Waals surface area (Å²) in [7, 11) is 0. The Morgan fingerprint density at radius 1 is 1.35 bits per heavy atom. The van der Waals surface area contributed by atoms with Gasteiger partial charge in [-0.25, -0.2) is 0 Å². The van der Waals surface area contributed by atoms with Crippen LogP contribution in [0.4, 0.5) is 0 Å². The Labute approximate surface area is 131 Å². The maximum absolute atomic E-state index is 10.4. The third kappa shape index (κ3) is 3.65. The van der Waals surface area contributed by atoms with Crippen LogP contribution >= 0.6 is 34.5 Å². The number of aliphatic hydroxyl groups is 1. The first-order valence-corrected chi connectivity index (χ1v) is 7.67. The second-order valence-electron chi connectivity index (χ2n) is 4.75. The molecular weight excluding hydrogens is 317 g/mol. The van der Waals surface area contributed by atoms with Crippen molar-refractivity contribution in [1.82, 2.24) is 5.32 Å². The fraction of sp³-hybridized carbons (Fsp3) is 0.286. The average molecular weight is 332 g/mol. The topological polar surface area (TPSA) is 52.5 Å². The zero-order valence-corrected chi connectivity index (χ0v) is 13.2. The number of rotatable bonds is 5. The van der Waals surface area contributed by atoms with Crippen LogP contribution in [0, 0.1) is 0 Å². The Balaban J connectivity index is 2.00. The van der Waals surface area contributed by atoms with Gasteiger partial charge in [-0.05, 0) is 30.5 Å². The predicted molar refractivity (Wildman–Crippen MR) is 83.7 cm³/mol. The fourth-order valence-corrected chi connectivity index (χ4v) is 3.19. The first kappa shape index (κ1) is 15.6. The number of benzene rings is 1. The molecule has 1 atom stereocenters. The van der Waals surface area contributed by atoms with E-state index in [0.29, 0.717) is 23.7 Å². The molecule has 0 aliphatic heterocycles. The van der Waals surface area contributed by atoms with Crippen molar-refractivity contribution in [3.63, 3.8) is 0 Å². The van der Waals surface area contributed by atoms with E-state index in [-0.39, 0.29) is 10.8 Å². The smallest absolute Gasteiger partial charge is 0.138 e. The van der Waals surface area contributed by atoms with Crippen molar-refractivity contribution < 1.29 is 10.2 Å². The third-order valence-electron chi connectivity index (χ3n) is 2.94. The second kappa shape index (κ2) is 6.33. The molecule has 108 valence electrons. The van der Waals surface area contributed by atoms with Crippen LogP contribution in [0.2, 0.25) is 10.0 Å². The Morgan fingerprint density at radius 3 is 2.75 bits per heavy atom. The van der Waals surface area contributed by atoms with E-state index >= 15 is 0 Å². The lowest BCUT2D eigenvalue weighted by Crippen LogP contribution is -2.34. The van der Waals surface area contributed by atoms with E-state index in [2.05, 4.69) is 5.32 Å². The minimum atomic E-state index is -0.952. The molecule has 1 heterocycles. The number of hydrogen-bond donors (Lipinski definition) is 3. The Morgan fingerprint density at radius 2 is 2.10 bits per heavy atom. The molecule has 0 amide bonds. The molecule has 20 heavy (non-hydrogen) atoms. The fourth-order valence-electron chi connectivity index (χ4n) is 1.87. The van der Waals surface area contributed by atoms with Crippen LogP contribution in [0.3, 0.4) is 0 Å². The van der Waals surface area contributed by atoms with Gasteiger partial charge in [-0.1, -0.05) is 29.3 Å². The van der Waals surface area contributed by atoms with Gasteiger partial charge in [0.25, 0.3) is 0 Å². The Bertz CT molecular complexity index is 585. The van der Waals surface area contributed by atoms with Gasteiger partial charge in [0, 0.05) is 28.6 Å². The van der Waals surface area contributed by atoms with Crippen LogP contribution < -0.4 is 5.32 Å². The molecule has 0 saturated heterocycles. The maximum atomic E-state index is 10.4. The minimum Gasteiger partial charge on any atom is -0.506 e. The van der Waals surface area contributed by atoms with Crippen molar-refractivity contribution in [2.45, 2.75) is 19.1 Å². The highest BCUT2D eigenvalue weighted by molar-refractivity contribution is 7.10. The van der Waals surface area contributed by atoms with Crippen LogP contribution in [-0.4, -0.2) is 16.8 Å². The van der Waals surface area contributed by atoms with Crippen molar-refractivity contribution in [3.8, 4) is 5.75 Å². The van der Waals surface area contributed by atoms with E-state index in [1.54, 1.807) is 13.0 Å². The first-order chi connectivity index (χ1) is 9.40. The molecule has 2 aromatic rings. The van der Waals surface area contributed by atoms with Crippen molar-refractivity contribution >= 4 is 34.5 Å². The summed E-state index contributed by atoms with van der Waals surface area (Å²) in [5.74, 6) is 0.0133. The van der Waals surface area contributed by atoms with Gasteiger partial charge in [0.2, 0.25) is 0 Å². The van der Waals surface area contributed by atoms with Gasteiger partial charge in [-0.3, -0.25) is 0 Å². The predicted octanol–water partition coefficient (Wildman–Crippen LogP) is 3.76. The lowest BCUT2D eigenvalue weighted by molar-refractivity contribution is 0.0604. The number of phenolic OH excluding ortho intramolecular Hbond substituents is 1. The molecule has 0 bridgehead atoms. The Hall–Kier alpha value is -0.780. The van der Waals surface area contributed by atoms with Crippen molar-refractivity contribution in [3.05, 3.63) is 50.1 Å². The van der Waals surface area contributed by atoms with Gasteiger partial charge < -0.3 is 15.5 Å². The molecule has 6 heteroatoms. The summed E-state index contributed by atoms with van der Waals surface area (Å²) >= 11 is 13.3. The highest BCUT2D eigenvalue weighted by atomic mass is 35.5. The average Bonchev–Trinajstić information content (AvgIpc) is 2.89. The lowest BCUT2D eigenvalue weighted by atomic mass is 10.1. The normalized spacial score (nSPS) is 14.2. The number of hydrogen-bond acceptors (Lipinski definition) is 4. The van der Waals surface area contributed by atoms with Crippen LogP contribution in [-0.2, 0) is 12.1 Å². The van der Waals surface area contributed by atoms with E-state index in [9.17, 15) is 10.2 Å². The Kier molecular flexibility index (Phi) is 4.94. The summed E-state index contributed by atoms with van der Waals surface area (Å²) in [6.45, 7) is 2.47. The highest BCUT2D eigenvalue weighted by Gasteiger charge is 2.23. The van der Waals surface area contributed by atoms with E-state index < -0.39 is 5.60 Å². The number of phenols is 1. The standard InChI is InChI=1S/C14H15Cl2NO2S/c1-14(19,12-3-2-4-20-12)8-17-7-9-5-10(15)6-11(16)13(9)18/h2-6,17-19H,7-8H2,1H3. The van der Waals surface area contributed by atoms with Crippen LogP contribution in [0.1, 0.15) is 17.4 Å². The molecule has 0 aliphatic carbocycles. The quantitative estimate of drug-likeness (QED) is 0.781. The second-order valence-corrected chi connectivity index (χ2v) is 6.54. The molecule has 0 spiro atoms. The summed E-state index contributed by atoms with van der Waals surface area (Å²) in [6, 6.07) is 6.93. The zero-order valence-electron chi connectivity index (χ0n) is 10.9. The van der Waals surface area contributed by atoms with E-state index in [1.165, 1.54) is 17.4 Å². The van der Waals surface area contributed by atoms with E-state index in [4.69, 9.17) is 23.2 Å². The molecule has 1 aromatic carbocycles. The number of aromatic hydroxyl groups is 1. The summed E-state index contributed by atoms with van der Waals surface area (Å²) in [5.41, 5.74) is -0.351. The van der Waals surface area contributed by atoms with E-state index in [0.717, 1.165) is 4.88 Å². The minimum absolute atomic E-state index is 0.0133. The molecule has 3 nitrogen and oxygen atoms in total. The summed E-state index contributed by atoms with van der Waals surface area (Å²) in [6.07, 6.45) is 0. The summed E-state index contributed by atoms with van der Waals surface area (Å²) < 4.78 is 0. The van der Waals surface area contributed by atoms with Crippen molar-refractivity contribution in [2.24, 2.45) is 0 Å². The molecule has 1 unspecified atom stereocenters. The van der Waals surface area contributed by atoms with Crippen molar-refractivity contribution in [2.75, 3.05) is 6.54 Å².